The molecule has 2 aromatic rings. The average Bonchev–Trinajstić information content (AvgIpc) is 2.81. The molecule has 0 radical (unpaired) electrons. The van der Waals surface area contributed by atoms with E-state index in [1.807, 2.05) is 25.1 Å². The molecule has 1 unspecified atom stereocenters. The summed E-state index contributed by atoms with van der Waals surface area (Å²) >= 11 is 3.44. The predicted octanol–water partition coefficient (Wildman–Crippen LogP) is 3.60. The molecule has 2 aromatic heterocycles. The van der Waals surface area contributed by atoms with Gasteiger partial charge in [-0.25, -0.2) is 17.4 Å². The number of allylic oxidation sites excluding steroid dienone is 3. The summed E-state index contributed by atoms with van der Waals surface area (Å²) < 4.78 is 27.4. The third kappa shape index (κ3) is 2.26. The second-order valence-corrected chi connectivity index (χ2v) is 8.80. The summed E-state index contributed by atoms with van der Waals surface area (Å²) in [6.07, 6.45) is 7.35. The molecule has 0 saturated carbocycles. The van der Waals surface area contributed by atoms with E-state index < -0.39 is 14.8 Å². The standard InChI is InChI=1S/C15H15BrN2O2S/c1-11-8-13(16)10-15(2,9-11)21(19,20)18-7-5-12-4-3-6-17-14(12)18/h3-9H,10H2,1-2H3. The topological polar surface area (TPSA) is 52.0 Å². The number of fused-ring (bicyclic) bond motifs is 1. The van der Waals surface area contributed by atoms with Crippen molar-refractivity contribution in [3.63, 3.8) is 0 Å². The van der Waals surface area contributed by atoms with Crippen LogP contribution in [0, 0.1) is 0 Å². The van der Waals surface area contributed by atoms with Crippen molar-refractivity contribution in [1.29, 1.82) is 0 Å². The summed E-state index contributed by atoms with van der Waals surface area (Å²) in [5, 5.41) is 0.816. The maximum Gasteiger partial charge on any atom is 0.249 e. The zero-order chi connectivity index (χ0) is 15.3. The molecule has 0 amide bonds. The van der Waals surface area contributed by atoms with Crippen molar-refractivity contribution < 1.29 is 8.42 Å². The van der Waals surface area contributed by atoms with Gasteiger partial charge in [-0.1, -0.05) is 27.6 Å². The van der Waals surface area contributed by atoms with Crippen LogP contribution in [-0.2, 0) is 10.0 Å². The number of hydrogen-bond acceptors (Lipinski definition) is 3. The van der Waals surface area contributed by atoms with E-state index in [2.05, 4.69) is 20.9 Å². The number of hydrogen-bond donors (Lipinski definition) is 0. The van der Waals surface area contributed by atoms with Crippen LogP contribution in [0.25, 0.3) is 11.0 Å². The fourth-order valence-electron chi connectivity index (χ4n) is 2.73. The van der Waals surface area contributed by atoms with Crippen molar-refractivity contribution in [3.8, 4) is 0 Å². The molecule has 0 spiro atoms. The molecule has 0 aromatic carbocycles. The first-order valence-electron chi connectivity index (χ1n) is 6.56. The Morgan fingerprint density at radius 1 is 1.38 bits per heavy atom. The van der Waals surface area contributed by atoms with Crippen LogP contribution in [0.1, 0.15) is 20.3 Å². The van der Waals surface area contributed by atoms with Gasteiger partial charge in [-0.15, -0.1) is 0 Å². The molecule has 1 aliphatic carbocycles. The highest BCUT2D eigenvalue weighted by Crippen LogP contribution is 2.37. The lowest BCUT2D eigenvalue weighted by atomic mass is 9.98. The minimum absolute atomic E-state index is 0.416. The van der Waals surface area contributed by atoms with Crippen LogP contribution >= 0.6 is 15.9 Å². The van der Waals surface area contributed by atoms with Crippen molar-refractivity contribution in [2.45, 2.75) is 25.0 Å². The lowest BCUT2D eigenvalue weighted by Crippen LogP contribution is -2.39. The van der Waals surface area contributed by atoms with Crippen LogP contribution < -0.4 is 0 Å². The molecule has 6 heteroatoms. The number of rotatable bonds is 2. The molecule has 1 atom stereocenters. The Morgan fingerprint density at radius 3 is 2.86 bits per heavy atom. The summed E-state index contributed by atoms with van der Waals surface area (Å²) in [5.74, 6) is 0. The summed E-state index contributed by atoms with van der Waals surface area (Å²) in [5.41, 5.74) is 1.40. The molecule has 0 N–H and O–H groups in total. The van der Waals surface area contributed by atoms with Gasteiger partial charge in [-0.2, -0.15) is 0 Å². The van der Waals surface area contributed by atoms with Gasteiger partial charge >= 0.3 is 0 Å². The molecule has 2 heterocycles. The van der Waals surface area contributed by atoms with Gasteiger partial charge in [-0.05, 0) is 42.6 Å². The van der Waals surface area contributed by atoms with Crippen molar-refractivity contribution in [1.82, 2.24) is 8.96 Å². The van der Waals surface area contributed by atoms with Crippen molar-refractivity contribution in [2.75, 3.05) is 0 Å². The normalized spacial score (nSPS) is 23.0. The largest absolute Gasteiger partial charge is 0.249 e. The lowest BCUT2D eigenvalue weighted by Gasteiger charge is -2.29. The summed E-state index contributed by atoms with van der Waals surface area (Å²) in [7, 11) is -3.60. The number of halogens is 1. The van der Waals surface area contributed by atoms with Crippen LogP contribution in [0.3, 0.4) is 0 Å². The Hall–Kier alpha value is -1.40. The van der Waals surface area contributed by atoms with Crippen molar-refractivity contribution >= 4 is 37.0 Å². The summed E-state index contributed by atoms with van der Waals surface area (Å²) in [6, 6.07) is 5.42. The third-order valence-corrected chi connectivity index (χ3v) is 6.46. The van der Waals surface area contributed by atoms with E-state index in [0.717, 1.165) is 15.4 Å². The third-order valence-electron chi connectivity index (χ3n) is 3.70. The second-order valence-electron chi connectivity index (χ2n) is 5.50. The molecule has 0 bridgehead atoms. The number of pyridine rings is 1. The maximum absolute atomic E-state index is 13.1. The van der Waals surface area contributed by atoms with Gasteiger partial charge < -0.3 is 0 Å². The second kappa shape index (κ2) is 4.81. The zero-order valence-electron chi connectivity index (χ0n) is 11.7. The highest BCUT2D eigenvalue weighted by atomic mass is 79.9. The van der Waals surface area contributed by atoms with Gasteiger partial charge in [0.1, 0.15) is 4.75 Å². The van der Waals surface area contributed by atoms with E-state index in [4.69, 9.17) is 0 Å². The minimum Gasteiger partial charge on any atom is -0.237 e. The zero-order valence-corrected chi connectivity index (χ0v) is 14.1. The maximum atomic E-state index is 13.1. The van der Waals surface area contributed by atoms with Gasteiger partial charge in [0.15, 0.2) is 5.65 Å². The molecule has 21 heavy (non-hydrogen) atoms. The molecule has 4 nitrogen and oxygen atoms in total. The molecular formula is C15H15BrN2O2S. The first kappa shape index (κ1) is 14.5. The van der Waals surface area contributed by atoms with E-state index in [0.29, 0.717) is 12.1 Å². The Balaban J connectivity index is 2.20. The molecule has 110 valence electrons. The summed E-state index contributed by atoms with van der Waals surface area (Å²) in [6.45, 7) is 3.65. The SMILES string of the molecule is CC1=CC(C)(S(=O)(=O)n2ccc3cccnc32)CC(Br)=C1. The Morgan fingerprint density at radius 2 is 2.14 bits per heavy atom. The highest BCUT2D eigenvalue weighted by molar-refractivity contribution is 9.11. The van der Waals surface area contributed by atoms with Gasteiger partial charge in [0, 0.05) is 24.2 Å². The monoisotopic (exact) mass is 366 g/mol. The molecule has 0 aliphatic heterocycles. The highest BCUT2D eigenvalue weighted by Gasteiger charge is 2.41. The van der Waals surface area contributed by atoms with Crippen LogP contribution in [-0.4, -0.2) is 22.1 Å². The van der Waals surface area contributed by atoms with Gasteiger partial charge in [0.25, 0.3) is 0 Å². The van der Waals surface area contributed by atoms with Crippen molar-refractivity contribution in [3.05, 3.63) is 52.8 Å². The van der Waals surface area contributed by atoms with E-state index in [1.54, 1.807) is 31.5 Å². The molecule has 0 saturated heterocycles. The molecule has 3 rings (SSSR count). The fourth-order valence-corrected chi connectivity index (χ4v) is 5.59. The number of aromatic nitrogens is 2. The van der Waals surface area contributed by atoms with Crippen LogP contribution in [0.5, 0.6) is 0 Å². The Labute approximate surface area is 132 Å². The van der Waals surface area contributed by atoms with Crippen LogP contribution in [0.15, 0.2) is 52.8 Å². The fraction of sp³-hybridized carbons (Fsp3) is 0.267. The van der Waals surface area contributed by atoms with Gasteiger partial charge in [0.05, 0.1) is 0 Å². The van der Waals surface area contributed by atoms with E-state index in [1.165, 1.54) is 3.97 Å². The lowest BCUT2D eigenvalue weighted by molar-refractivity contribution is 0.553. The Kier molecular flexibility index (Phi) is 3.33. The molecule has 1 aliphatic rings. The summed E-state index contributed by atoms with van der Waals surface area (Å²) in [4.78, 5) is 4.21. The van der Waals surface area contributed by atoms with E-state index >= 15 is 0 Å². The first-order chi connectivity index (χ1) is 9.83. The van der Waals surface area contributed by atoms with Crippen LogP contribution in [0.2, 0.25) is 0 Å². The van der Waals surface area contributed by atoms with Crippen LogP contribution in [0.4, 0.5) is 0 Å². The van der Waals surface area contributed by atoms with Gasteiger partial charge in [-0.3, -0.25) is 0 Å². The minimum atomic E-state index is -3.60. The predicted molar refractivity (Wildman–Crippen MR) is 87.8 cm³/mol. The van der Waals surface area contributed by atoms with E-state index in [-0.39, 0.29) is 0 Å². The Bertz CT molecular complexity index is 880. The van der Waals surface area contributed by atoms with Gasteiger partial charge in [0.2, 0.25) is 10.0 Å². The van der Waals surface area contributed by atoms with Crippen molar-refractivity contribution in [2.24, 2.45) is 0 Å². The van der Waals surface area contributed by atoms with E-state index in [9.17, 15) is 8.42 Å². The average molecular weight is 367 g/mol. The molecule has 0 fully saturated rings. The molecular weight excluding hydrogens is 352 g/mol. The quantitative estimate of drug-likeness (QED) is 0.815. The smallest absolute Gasteiger partial charge is 0.237 e. The first-order valence-corrected chi connectivity index (χ1v) is 8.79. The number of nitrogens with zero attached hydrogens (tertiary/aromatic N) is 2.